The summed E-state index contributed by atoms with van der Waals surface area (Å²) in [4.78, 5) is 26.2. The molecule has 3 heterocycles. The molecule has 33 heavy (non-hydrogen) atoms. The fraction of sp³-hybridized carbons (Fsp3) is 0.360. The molecule has 0 atom stereocenters. The van der Waals surface area contributed by atoms with Gasteiger partial charge in [0.2, 0.25) is 0 Å². The number of benzene rings is 1. The number of aromatic nitrogens is 3. The van der Waals surface area contributed by atoms with Crippen LogP contribution in [-0.4, -0.2) is 33.9 Å². The van der Waals surface area contributed by atoms with E-state index in [-0.39, 0.29) is 11.3 Å². The average Bonchev–Trinajstić information content (AvgIpc) is 2.79. The third kappa shape index (κ3) is 5.46. The Balaban J connectivity index is 1.64. The van der Waals surface area contributed by atoms with E-state index in [1.165, 1.54) is 11.1 Å². The first-order chi connectivity index (χ1) is 15.8. The van der Waals surface area contributed by atoms with Crippen LogP contribution in [0.5, 0.6) is 0 Å². The largest absolute Gasteiger partial charge is 0.352 e. The van der Waals surface area contributed by atoms with Gasteiger partial charge in [0.25, 0.3) is 5.91 Å². The van der Waals surface area contributed by atoms with E-state index in [0.717, 1.165) is 31.0 Å². The zero-order chi connectivity index (χ0) is 23.4. The fourth-order valence-corrected chi connectivity index (χ4v) is 3.69. The van der Waals surface area contributed by atoms with Crippen LogP contribution in [0.2, 0.25) is 0 Å². The predicted octanol–water partition coefficient (Wildman–Crippen LogP) is 4.05. The zero-order valence-electron chi connectivity index (χ0n) is 19.6. The monoisotopic (exact) mass is 445 g/mol. The van der Waals surface area contributed by atoms with Crippen molar-refractivity contribution >= 4 is 28.9 Å². The maximum absolute atomic E-state index is 12.7. The summed E-state index contributed by atoms with van der Waals surface area (Å²) < 4.78 is 0. The van der Waals surface area contributed by atoms with Gasteiger partial charge in [-0.3, -0.25) is 4.79 Å². The Hall–Kier alpha value is -3.52. The molecule has 172 valence electrons. The van der Waals surface area contributed by atoms with Gasteiger partial charge in [-0.15, -0.1) is 0 Å². The minimum absolute atomic E-state index is 0.187. The molecule has 3 aromatic rings. The average molecular weight is 446 g/mol. The summed E-state index contributed by atoms with van der Waals surface area (Å²) in [5, 5.41) is 12.9. The Bertz CT molecular complexity index is 1150. The maximum Gasteiger partial charge on any atom is 0.254 e. The second-order valence-electron chi connectivity index (χ2n) is 9.15. The molecule has 0 radical (unpaired) electrons. The number of anilines is 4. The summed E-state index contributed by atoms with van der Waals surface area (Å²) >= 11 is 0. The lowest BCUT2D eigenvalue weighted by Gasteiger charge is -2.19. The number of carbonyl (C=O) groups excluding carboxylic acids is 1. The lowest BCUT2D eigenvalue weighted by Crippen LogP contribution is -2.24. The molecule has 8 heteroatoms. The van der Waals surface area contributed by atoms with Crippen molar-refractivity contribution in [2.75, 3.05) is 23.7 Å². The third-order valence-electron chi connectivity index (χ3n) is 5.44. The molecule has 0 fully saturated rings. The van der Waals surface area contributed by atoms with E-state index < -0.39 is 0 Å². The second kappa shape index (κ2) is 9.54. The number of hydrogen-bond acceptors (Lipinski definition) is 7. The van der Waals surface area contributed by atoms with E-state index >= 15 is 0 Å². The lowest BCUT2D eigenvalue weighted by atomic mass is 9.96. The molecule has 0 saturated carbocycles. The highest BCUT2D eigenvalue weighted by Crippen LogP contribution is 2.27. The second-order valence-corrected chi connectivity index (χ2v) is 9.15. The van der Waals surface area contributed by atoms with Crippen LogP contribution in [0.25, 0.3) is 0 Å². The summed E-state index contributed by atoms with van der Waals surface area (Å²) in [7, 11) is 0. The number of pyridine rings is 1. The Morgan fingerprint density at radius 2 is 1.91 bits per heavy atom. The molecule has 0 spiro atoms. The van der Waals surface area contributed by atoms with Crippen molar-refractivity contribution in [3.05, 3.63) is 65.2 Å². The summed E-state index contributed by atoms with van der Waals surface area (Å²) in [5.74, 6) is 1.80. The number of nitrogens with zero attached hydrogens (tertiary/aromatic N) is 3. The van der Waals surface area contributed by atoms with Gasteiger partial charge in [-0.2, -0.15) is 0 Å². The van der Waals surface area contributed by atoms with Gasteiger partial charge in [-0.05, 0) is 49.2 Å². The van der Waals surface area contributed by atoms with Crippen LogP contribution in [0.4, 0.5) is 23.0 Å². The van der Waals surface area contributed by atoms with Crippen molar-refractivity contribution in [1.29, 1.82) is 0 Å². The summed E-state index contributed by atoms with van der Waals surface area (Å²) in [5.41, 5.74) is 4.53. The topological polar surface area (TPSA) is 104 Å². The number of carbonyl (C=O) groups is 1. The van der Waals surface area contributed by atoms with Crippen LogP contribution in [-0.2, 0) is 18.4 Å². The molecule has 0 bridgehead atoms. The van der Waals surface area contributed by atoms with Crippen molar-refractivity contribution < 1.29 is 4.79 Å². The van der Waals surface area contributed by atoms with Crippen LogP contribution < -0.4 is 21.3 Å². The van der Waals surface area contributed by atoms with Gasteiger partial charge < -0.3 is 21.3 Å². The molecule has 2 aromatic heterocycles. The highest BCUT2D eigenvalue weighted by atomic mass is 16.1. The van der Waals surface area contributed by atoms with E-state index in [9.17, 15) is 4.79 Å². The Morgan fingerprint density at radius 1 is 1.06 bits per heavy atom. The molecular formula is C25H31N7O. The zero-order valence-corrected chi connectivity index (χ0v) is 19.6. The normalized spacial score (nSPS) is 13.2. The maximum atomic E-state index is 12.7. The molecule has 8 nitrogen and oxygen atoms in total. The van der Waals surface area contributed by atoms with E-state index in [1.54, 1.807) is 18.5 Å². The molecule has 1 aliphatic rings. The molecule has 1 aromatic carbocycles. The molecular weight excluding hydrogens is 414 g/mol. The van der Waals surface area contributed by atoms with Gasteiger partial charge in [-0.25, -0.2) is 15.0 Å². The molecule has 4 rings (SSSR count). The van der Waals surface area contributed by atoms with Crippen LogP contribution in [0.3, 0.4) is 0 Å². The van der Waals surface area contributed by atoms with E-state index in [2.05, 4.69) is 75.2 Å². The Labute approximate surface area is 194 Å². The minimum atomic E-state index is -0.189. The molecule has 0 unspecified atom stereocenters. The highest BCUT2D eigenvalue weighted by molar-refractivity contribution is 6.00. The van der Waals surface area contributed by atoms with Crippen molar-refractivity contribution in [2.45, 2.75) is 46.1 Å². The smallest absolute Gasteiger partial charge is 0.254 e. The SMILES string of the molecule is CCNC(=O)c1cnc(Nc2ccc3c(c2)CCNC3)cc1Nc1ccnc(C(C)(C)C)n1. The van der Waals surface area contributed by atoms with Gasteiger partial charge in [-0.1, -0.05) is 26.8 Å². The summed E-state index contributed by atoms with van der Waals surface area (Å²) in [6.45, 7) is 10.5. The van der Waals surface area contributed by atoms with Crippen molar-refractivity contribution in [2.24, 2.45) is 0 Å². The van der Waals surface area contributed by atoms with Gasteiger partial charge in [0.15, 0.2) is 0 Å². The number of fused-ring (bicyclic) bond motifs is 1. The number of nitrogens with one attached hydrogen (secondary N) is 4. The number of rotatable bonds is 6. The van der Waals surface area contributed by atoms with Crippen LogP contribution >= 0.6 is 0 Å². The lowest BCUT2D eigenvalue weighted by molar-refractivity contribution is 0.0956. The van der Waals surface area contributed by atoms with Gasteiger partial charge in [0, 0.05) is 42.7 Å². The first kappa shape index (κ1) is 22.7. The Morgan fingerprint density at radius 3 is 2.70 bits per heavy atom. The number of amides is 1. The van der Waals surface area contributed by atoms with Gasteiger partial charge in [0.1, 0.15) is 17.5 Å². The molecule has 4 N–H and O–H groups in total. The van der Waals surface area contributed by atoms with Crippen molar-refractivity contribution in [3.8, 4) is 0 Å². The Kier molecular flexibility index (Phi) is 6.55. The van der Waals surface area contributed by atoms with Crippen molar-refractivity contribution in [3.63, 3.8) is 0 Å². The molecule has 0 saturated heterocycles. The first-order valence-corrected chi connectivity index (χ1v) is 11.3. The van der Waals surface area contributed by atoms with Crippen molar-refractivity contribution in [1.82, 2.24) is 25.6 Å². The first-order valence-electron chi connectivity index (χ1n) is 11.3. The molecule has 1 aliphatic heterocycles. The quantitative estimate of drug-likeness (QED) is 0.454. The summed E-state index contributed by atoms with van der Waals surface area (Å²) in [6, 6.07) is 9.99. The fourth-order valence-electron chi connectivity index (χ4n) is 3.69. The minimum Gasteiger partial charge on any atom is -0.352 e. The molecule has 0 aliphatic carbocycles. The number of hydrogen-bond donors (Lipinski definition) is 4. The van der Waals surface area contributed by atoms with E-state index in [1.807, 2.05) is 13.0 Å². The van der Waals surface area contributed by atoms with Crippen LogP contribution in [0.15, 0.2) is 42.7 Å². The highest BCUT2D eigenvalue weighted by Gasteiger charge is 2.19. The third-order valence-corrected chi connectivity index (χ3v) is 5.44. The van der Waals surface area contributed by atoms with E-state index in [4.69, 9.17) is 0 Å². The summed E-state index contributed by atoms with van der Waals surface area (Å²) in [6.07, 6.45) is 4.32. The standard InChI is InChI=1S/C25H31N7O/c1-5-27-23(33)19-15-29-22(30-18-7-6-17-14-26-10-8-16(17)12-18)13-20(19)31-21-9-11-28-24(32-21)25(2,3)4/h6-7,9,11-13,15,26H,5,8,10,14H2,1-4H3,(H,27,33)(H2,28,29,30,31,32). The van der Waals surface area contributed by atoms with Gasteiger partial charge in [0.05, 0.1) is 11.3 Å². The predicted molar refractivity (Wildman–Crippen MR) is 131 cm³/mol. The van der Waals surface area contributed by atoms with E-state index in [0.29, 0.717) is 29.4 Å². The molecule has 1 amide bonds. The van der Waals surface area contributed by atoms with Crippen LogP contribution in [0, 0.1) is 0 Å². The van der Waals surface area contributed by atoms with Gasteiger partial charge >= 0.3 is 0 Å². The van der Waals surface area contributed by atoms with Crippen LogP contribution in [0.1, 0.15) is 55.0 Å².